The van der Waals surface area contributed by atoms with Gasteiger partial charge in [-0.05, 0) is 38.0 Å². The van der Waals surface area contributed by atoms with Gasteiger partial charge in [0.2, 0.25) is 0 Å². The Morgan fingerprint density at radius 3 is 2.35 bits per heavy atom. The SMILES string of the molecule is CCC=C(C)NC(CC(C)C)C(=O)COCCC(C)C. The van der Waals surface area contributed by atoms with Crippen LogP contribution in [0.15, 0.2) is 11.8 Å². The van der Waals surface area contributed by atoms with Crippen LogP contribution in [0.2, 0.25) is 0 Å². The number of rotatable bonds is 11. The Bertz CT molecular complexity index is 295. The Balaban J connectivity index is 4.31. The molecule has 0 aliphatic carbocycles. The second-order valence-corrected chi connectivity index (χ2v) is 6.32. The summed E-state index contributed by atoms with van der Waals surface area (Å²) in [7, 11) is 0. The van der Waals surface area contributed by atoms with Crippen LogP contribution in [0.5, 0.6) is 0 Å². The van der Waals surface area contributed by atoms with E-state index in [2.05, 4.69) is 46.0 Å². The lowest BCUT2D eigenvalue weighted by atomic mass is 10.00. The Morgan fingerprint density at radius 1 is 1.20 bits per heavy atom. The maximum absolute atomic E-state index is 12.2. The van der Waals surface area contributed by atoms with E-state index in [1.807, 2.05) is 6.92 Å². The van der Waals surface area contributed by atoms with E-state index in [-0.39, 0.29) is 18.4 Å². The molecule has 1 N–H and O–H groups in total. The number of ether oxygens (including phenoxy) is 1. The highest BCUT2D eigenvalue weighted by Crippen LogP contribution is 2.09. The molecule has 0 aromatic heterocycles. The number of ketones is 1. The highest BCUT2D eigenvalue weighted by molar-refractivity contribution is 5.85. The fraction of sp³-hybridized carbons (Fsp3) is 0.824. The molecule has 0 bridgehead atoms. The van der Waals surface area contributed by atoms with Gasteiger partial charge in [0.25, 0.3) is 0 Å². The Hall–Kier alpha value is -0.830. The number of carbonyl (C=O) groups excluding carboxylic acids is 1. The summed E-state index contributed by atoms with van der Waals surface area (Å²) >= 11 is 0. The maximum Gasteiger partial charge on any atom is 0.180 e. The summed E-state index contributed by atoms with van der Waals surface area (Å²) in [6.45, 7) is 13.6. The normalized spacial score (nSPS) is 13.9. The quantitative estimate of drug-likeness (QED) is 0.584. The third kappa shape index (κ3) is 10.0. The molecule has 118 valence electrons. The Labute approximate surface area is 125 Å². The van der Waals surface area contributed by atoms with E-state index in [0.29, 0.717) is 18.4 Å². The van der Waals surface area contributed by atoms with Crippen molar-refractivity contribution in [1.29, 1.82) is 0 Å². The molecular weight excluding hydrogens is 250 g/mol. The van der Waals surface area contributed by atoms with E-state index < -0.39 is 0 Å². The first kappa shape index (κ1) is 19.2. The van der Waals surface area contributed by atoms with Crippen molar-refractivity contribution >= 4 is 5.78 Å². The van der Waals surface area contributed by atoms with E-state index in [4.69, 9.17) is 4.74 Å². The van der Waals surface area contributed by atoms with Gasteiger partial charge >= 0.3 is 0 Å². The lowest BCUT2D eigenvalue weighted by Crippen LogP contribution is -2.39. The molecule has 0 saturated carbocycles. The van der Waals surface area contributed by atoms with Gasteiger partial charge < -0.3 is 10.1 Å². The number of hydrogen-bond acceptors (Lipinski definition) is 3. The third-order valence-corrected chi connectivity index (χ3v) is 3.09. The molecule has 0 aliphatic heterocycles. The van der Waals surface area contributed by atoms with Crippen molar-refractivity contribution in [3.8, 4) is 0 Å². The number of Topliss-reactive ketones (excluding diaryl/α,β-unsaturated/α-hetero) is 1. The monoisotopic (exact) mass is 283 g/mol. The van der Waals surface area contributed by atoms with Crippen molar-refractivity contribution in [2.75, 3.05) is 13.2 Å². The van der Waals surface area contributed by atoms with Gasteiger partial charge in [-0.15, -0.1) is 0 Å². The Kier molecular flexibility index (Phi) is 10.4. The first-order valence-corrected chi connectivity index (χ1v) is 7.90. The Morgan fingerprint density at radius 2 is 1.85 bits per heavy atom. The van der Waals surface area contributed by atoms with Crippen LogP contribution in [0.3, 0.4) is 0 Å². The van der Waals surface area contributed by atoms with Crippen LogP contribution in [-0.2, 0) is 9.53 Å². The van der Waals surface area contributed by atoms with Gasteiger partial charge in [-0.2, -0.15) is 0 Å². The molecule has 0 fully saturated rings. The lowest BCUT2D eigenvalue weighted by molar-refractivity contribution is -0.126. The topological polar surface area (TPSA) is 38.3 Å². The lowest BCUT2D eigenvalue weighted by Gasteiger charge is -2.21. The smallest absolute Gasteiger partial charge is 0.180 e. The fourth-order valence-electron chi connectivity index (χ4n) is 1.97. The van der Waals surface area contributed by atoms with Gasteiger partial charge in [0.05, 0.1) is 6.04 Å². The summed E-state index contributed by atoms with van der Waals surface area (Å²) < 4.78 is 5.50. The van der Waals surface area contributed by atoms with Crippen LogP contribution in [0.25, 0.3) is 0 Å². The first-order chi connectivity index (χ1) is 9.36. The largest absolute Gasteiger partial charge is 0.379 e. The zero-order valence-corrected chi connectivity index (χ0v) is 14.2. The summed E-state index contributed by atoms with van der Waals surface area (Å²) in [4.78, 5) is 12.2. The maximum atomic E-state index is 12.2. The summed E-state index contributed by atoms with van der Waals surface area (Å²) in [6, 6.07) is -0.128. The van der Waals surface area contributed by atoms with Gasteiger partial charge in [0.1, 0.15) is 6.61 Å². The van der Waals surface area contributed by atoms with Crippen molar-refractivity contribution < 1.29 is 9.53 Å². The molecular formula is C17H33NO2. The van der Waals surface area contributed by atoms with Crippen LogP contribution in [0, 0.1) is 11.8 Å². The van der Waals surface area contributed by atoms with Crippen molar-refractivity contribution in [2.45, 2.75) is 66.8 Å². The van der Waals surface area contributed by atoms with Gasteiger partial charge in [-0.3, -0.25) is 4.79 Å². The number of hydrogen-bond donors (Lipinski definition) is 1. The predicted octanol–water partition coefficient (Wildman–Crippen LogP) is 3.94. The van der Waals surface area contributed by atoms with Crippen LogP contribution >= 0.6 is 0 Å². The number of carbonyl (C=O) groups is 1. The van der Waals surface area contributed by atoms with E-state index in [1.165, 1.54) is 0 Å². The average Bonchev–Trinajstić information content (AvgIpc) is 2.33. The minimum absolute atomic E-state index is 0.128. The van der Waals surface area contributed by atoms with Crippen molar-refractivity contribution in [3.63, 3.8) is 0 Å². The molecule has 3 nitrogen and oxygen atoms in total. The van der Waals surface area contributed by atoms with E-state index in [9.17, 15) is 4.79 Å². The third-order valence-electron chi connectivity index (χ3n) is 3.09. The second-order valence-electron chi connectivity index (χ2n) is 6.32. The zero-order chi connectivity index (χ0) is 15.5. The molecule has 0 saturated heterocycles. The molecule has 0 rings (SSSR count). The summed E-state index contributed by atoms with van der Waals surface area (Å²) in [5, 5.41) is 3.33. The summed E-state index contributed by atoms with van der Waals surface area (Å²) in [6.07, 6.45) is 4.94. The highest BCUT2D eigenvalue weighted by atomic mass is 16.5. The molecule has 0 spiro atoms. The average molecular weight is 283 g/mol. The molecule has 3 heteroatoms. The van der Waals surface area contributed by atoms with Crippen molar-refractivity contribution in [1.82, 2.24) is 5.32 Å². The highest BCUT2D eigenvalue weighted by Gasteiger charge is 2.19. The molecule has 0 aromatic carbocycles. The van der Waals surface area contributed by atoms with E-state index >= 15 is 0 Å². The second kappa shape index (κ2) is 10.9. The van der Waals surface area contributed by atoms with Crippen molar-refractivity contribution in [3.05, 3.63) is 11.8 Å². The molecule has 0 radical (unpaired) electrons. The number of nitrogens with one attached hydrogen (secondary N) is 1. The molecule has 0 aromatic rings. The minimum atomic E-state index is -0.128. The number of allylic oxidation sites excluding steroid dienone is 2. The van der Waals surface area contributed by atoms with Crippen LogP contribution in [-0.4, -0.2) is 25.0 Å². The standard InChI is InChI=1S/C17H33NO2/c1-7-8-15(6)18-16(11-14(4)5)17(19)12-20-10-9-13(2)3/h8,13-14,16,18H,7,9-12H2,1-6H3. The molecule has 0 heterocycles. The summed E-state index contributed by atoms with van der Waals surface area (Å²) in [5.74, 6) is 1.26. The van der Waals surface area contributed by atoms with Crippen molar-refractivity contribution in [2.24, 2.45) is 11.8 Å². The molecule has 1 unspecified atom stereocenters. The molecule has 1 atom stereocenters. The predicted molar refractivity (Wildman–Crippen MR) is 85.7 cm³/mol. The van der Waals surface area contributed by atoms with E-state index in [1.54, 1.807) is 0 Å². The first-order valence-electron chi connectivity index (χ1n) is 7.90. The zero-order valence-electron chi connectivity index (χ0n) is 14.2. The van der Waals surface area contributed by atoms with E-state index in [0.717, 1.165) is 25.0 Å². The van der Waals surface area contributed by atoms with Crippen LogP contribution < -0.4 is 5.32 Å². The van der Waals surface area contributed by atoms with Crippen LogP contribution in [0.4, 0.5) is 0 Å². The summed E-state index contributed by atoms with van der Waals surface area (Å²) in [5.41, 5.74) is 1.08. The molecule has 0 amide bonds. The fourth-order valence-corrected chi connectivity index (χ4v) is 1.97. The van der Waals surface area contributed by atoms with Crippen LogP contribution in [0.1, 0.15) is 60.8 Å². The van der Waals surface area contributed by atoms with Gasteiger partial charge in [0, 0.05) is 12.3 Å². The van der Waals surface area contributed by atoms with Gasteiger partial charge in [0.15, 0.2) is 5.78 Å². The molecule has 0 aliphatic rings. The minimum Gasteiger partial charge on any atom is -0.379 e. The van der Waals surface area contributed by atoms with Gasteiger partial charge in [-0.1, -0.05) is 40.7 Å². The molecule has 20 heavy (non-hydrogen) atoms. The van der Waals surface area contributed by atoms with Gasteiger partial charge in [-0.25, -0.2) is 0 Å².